The van der Waals surface area contributed by atoms with Crippen molar-refractivity contribution < 1.29 is 4.42 Å². The summed E-state index contributed by atoms with van der Waals surface area (Å²) in [6, 6.07) is 5.21. The van der Waals surface area contributed by atoms with E-state index < -0.39 is 11.1 Å². The molecule has 0 aliphatic rings. The van der Waals surface area contributed by atoms with E-state index in [-0.39, 0.29) is 10.4 Å². The number of nitrogens with two attached hydrogens (primary N) is 1. The summed E-state index contributed by atoms with van der Waals surface area (Å²) >= 11 is 1.02. The lowest BCUT2D eigenvalue weighted by Crippen LogP contribution is -2.33. The summed E-state index contributed by atoms with van der Waals surface area (Å²) in [7, 11) is 1.56. The van der Waals surface area contributed by atoms with Crippen LogP contribution < -0.4 is 16.9 Å². The van der Waals surface area contributed by atoms with Gasteiger partial charge in [0.1, 0.15) is 5.52 Å². The van der Waals surface area contributed by atoms with Gasteiger partial charge in [0.2, 0.25) is 0 Å². The molecule has 0 aliphatic heterocycles. The molecule has 0 spiro atoms. The molecule has 9 heteroatoms. The Balaban J connectivity index is 2.05. The average molecular weight is 291 g/mol. The molecule has 102 valence electrons. The van der Waals surface area contributed by atoms with Gasteiger partial charge in [0.15, 0.2) is 10.7 Å². The number of rotatable bonds is 2. The zero-order chi connectivity index (χ0) is 14.3. The third kappa shape index (κ3) is 2.07. The van der Waals surface area contributed by atoms with Crippen molar-refractivity contribution in [3.8, 4) is 0 Å². The van der Waals surface area contributed by atoms with Crippen LogP contribution in [0, 0.1) is 0 Å². The Morgan fingerprint density at radius 2 is 2.15 bits per heavy atom. The third-order valence-electron chi connectivity index (χ3n) is 2.56. The van der Waals surface area contributed by atoms with Crippen LogP contribution in [0.3, 0.4) is 0 Å². The molecule has 0 fully saturated rings. The number of benzene rings is 1. The highest BCUT2D eigenvalue weighted by molar-refractivity contribution is 7.99. The van der Waals surface area contributed by atoms with Crippen LogP contribution >= 0.6 is 11.8 Å². The Morgan fingerprint density at radius 3 is 2.90 bits per heavy atom. The maximum absolute atomic E-state index is 11.3. The second kappa shape index (κ2) is 4.53. The normalized spacial score (nSPS) is 11.1. The second-order valence-corrected chi connectivity index (χ2v) is 4.89. The number of hydrogen-bond donors (Lipinski definition) is 2. The molecule has 20 heavy (non-hydrogen) atoms. The maximum Gasteiger partial charge on any atom is 0.339 e. The first kappa shape index (κ1) is 12.5. The summed E-state index contributed by atoms with van der Waals surface area (Å²) < 4.78 is 6.83. The van der Waals surface area contributed by atoms with Crippen LogP contribution in [0.1, 0.15) is 0 Å². The first-order chi connectivity index (χ1) is 9.54. The molecule has 3 aromatic rings. The number of aromatic nitrogens is 4. The van der Waals surface area contributed by atoms with Crippen LogP contribution in [0.15, 0.2) is 42.6 Å². The molecule has 0 bridgehead atoms. The molecular formula is C11H9N5O3S. The van der Waals surface area contributed by atoms with Gasteiger partial charge in [-0.3, -0.25) is 19.4 Å². The van der Waals surface area contributed by atoms with Crippen LogP contribution in [-0.2, 0) is 7.05 Å². The van der Waals surface area contributed by atoms with Gasteiger partial charge in [-0.05, 0) is 12.1 Å². The average Bonchev–Trinajstić information content (AvgIpc) is 2.80. The van der Waals surface area contributed by atoms with Gasteiger partial charge in [0.25, 0.3) is 5.22 Å². The van der Waals surface area contributed by atoms with E-state index in [0.717, 1.165) is 11.8 Å². The molecule has 0 atom stereocenters. The minimum atomic E-state index is -0.860. The van der Waals surface area contributed by atoms with Crippen LogP contribution in [-0.4, -0.2) is 19.7 Å². The Bertz CT molecular complexity index is 910. The Kier molecular flexibility index (Phi) is 2.83. The van der Waals surface area contributed by atoms with Crippen LogP contribution in [0.5, 0.6) is 0 Å². The number of anilines is 1. The van der Waals surface area contributed by atoms with E-state index >= 15 is 0 Å². The van der Waals surface area contributed by atoms with E-state index in [4.69, 9.17) is 10.2 Å². The summed E-state index contributed by atoms with van der Waals surface area (Å²) in [5.41, 5.74) is 5.74. The van der Waals surface area contributed by atoms with Crippen molar-refractivity contribution in [1.82, 2.24) is 19.7 Å². The van der Waals surface area contributed by atoms with Crippen molar-refractivity contribution in [3.63, 3.8) is 0 Å². The lowest BCUT2D eigenvalue weighted by molar-refractivity contribution is 0.485. The fourth-order valence-corrected chi connectivity index (χ4v) is 2.36. The summed E-state index contributed by atoms with van der Waals surface area (Å²) in [6.07, 6.45) is 0. The van der Waals surface area contributed by atoms with Crippen molar-refractivity contribution in [2.75, 3.05) is 5.73 Å². The molecule has 2 aromatic heterocycles. The molecule has 0 saturated heterocycles. The molecule has 0 aliphatic carbocycles. The Hall–Kier alpha value is -2.55. The molecule has 2 heterocycles. The van der Waals surface area contributed by atoms with Crippen LogP contribution in [0.2, 0.25) is 0 Å². The number of nitrogens with one attached hydrogen (secondary N) is 1. The van der Waals surface area contributed by atoms with Crippen molar-refractivity contribution in [1.29, 1.82) is 0 Å². The highest BCUT2D eigenvalue weighted by Crippen LogP contribution is 2.29. The van der Waals surface area contributed by atoms with Crippen LogP contribution in [0.4, 0.5) is 5.69 Å². The van der Waals surface area contributed by atoms with E-state index in [1.165, 1.54) is 4.68 Å². The molecule has 8 nitrogen and oxygen atoms in total. The van der Waals surface area contributed by atoms with Crippen molar-refractivity contribution in [2.45, 2.75) is 10.4 Å². The molecule has 0 unspecified atom stereocenters. The van der Waals surface area contributed by atoms with Gasteiger partial charge in [-0.25, -0.2) is 4.98 Å². The minimum Gasteiger partial charge on any atom is -0.431 e. The number of nitrogens with zero attached hydrogens (tertiary/aromatic N) is 3. The molecule has 0 saturated carbocycles. The largest absolute Gasteiger partial charge is 0.431 e. The number of H-pyrrole nitrogens is 1. The van der Waals surface area contributed by atoms with E-state index in [1.54, 1.807) is 25.2 Å². The highest BCUT2D eigenvalue weighted by Gasteiger charge is 2.13. The van der Waals surface area contributed by atoms with Gasteiger partial charge >= 0.3 is 11.1 Å². The number of aromatic amines is 1. The number of nitrogen functional groups attached to an aromatic ring is 1. The first-order valence-corrected chi connectivity index (χ1v) is 6.36. The van der Waals surface area contributed by atoms with E-state index in [0.29, 0.717) is 16.8 Å². The predicted molar refractivity (Wildman–Crippen MR) is 72.6 cm³/mol. The molecule has 1 aromatic carbocycles. The summed E-state index contributed by atoms with van der Waals surface area (Å²) in [4.78, 5) is 30.2. The molecular weight excluding hydrogens is 282 g/mol. The maximum atomic E-state index is 11.3. The van der Waals surface area contributed by atoms with E-state index in [2.05, 4.69) is 15.1 Å². The van der Waals surface area contributed by atoms with E-state index in [1.807, 2.05) is 0 Å². The van der Waals surface area contributed by atoms with Crippen molar-refractivity contribution in [3.05, 3.63) is 38.9 Å². The molecule has 3 N–H and O–H groups in total. The van der Waals surface area contributed by atoms with Gasteiger partial charge in [0, 0.05) is 18.8 Å². The van der Waals surface area contributed by atoms with Crippen molar-refractivity contribution in [2.24, 2.45) is 7.05 Å². The van der Waals surface area contributed by atoms with Crippen molar-refractivity contribution >= 4 is 28.5 Å². The summed E-state index contributed by atoms with van der Waals surface area (Å²) in [5.74, 6) is 0. The number of hydrogen-bond acceptors (Lipinski definition) is 7. The van der Waals surface area contributed by atoms with Gasteiger partial charge in [-0.1, -0.05) is 6.07 Å². The zero-order valence-corrected chi connectivity index (χ0v) is 11.1. The number of oxazole rings is 1. The summed E-state index contributed by atoms with van der Waals surface area (Å²) in [6.45, 7) is 0. The fourth-order valence-electron chi connectivity index (χ4n) is 1.62. The molecule has 0 radical (unpaired) electrons. The number of para-hydroxylation sites is 1. The fraction of sp³-hybridized carbons (Fsp3) is 0.0909. The first-order valence-electron chi connectivity index (χ1n) is 5.55. The quantitative estimate of drug-likeness (QED) is 0.516. The monoisotopic (exact) mass is 291 g/mol. The van der Waals surface area contributed by atoms with Gasteiger partial charge in [-0.2, -0.15) is 4.98 Å². The third-order valence-corrected chi connectivity index (χ3v) is 3.45. The van der Waals surface area contributed by atoms with E-state index in [9.17, 15) is 9.59 Å². The lowest BCUT2D eigenvalue weighted by Gasteiger charge is -2.02. The van der Waals surface area contributed by atoms with Gasteiger partial charge < -0.3 is 10.2 Å². The number of fused-ring (bicyclic) bond motifs is 1. The topological polar surface area (TPSA) is 120 Å². The second-order valence-electron chi connectivity index (χ2n) is 3.98. The van der Waals surface area contributed by atoms with Gasteiger partial charge in [-0.15, -0.1) is 0 Å². The van der Waals surface area contributed by atoms with Gasteiger partial charge in [0.05, 0.1) is 5.69 Å². The summed E-state index contributed by atoms with van der Waals surface area (Å²) in [5, 5.41) is 2.89. The Morgan fingerprint density at radius 1 is 1.35 bits per heavy atom. The van der Waals surface area contributed by atoms with Crippen LogP contribution in [0.25, 0.3) is 11.1 Å². The number of aryl methyl sites for hydroxylation is 1. The lowest BCUT2D eigenvalue weighted by atomic mass is 10.3. The standard InChI is InChI=1S/C11H9N5O3S/c1-16-10(14-8(17)9(18)15-16)20-11-13-7-5(12)3-2-4-6(7)19-11/h2-4H,12H2,1H3,(H,15,18). The molecule has 0 amide bonds. The molecule has 3 rings (SSSR count). The SMILES string of the molecule is Cn1[nH]c(=O)c(=O)nc1Sc1nc2c(N)cccc2o1. The zero-order valence-electron chi connectivity index (χ0n) is 10.3. The smallest absolute Gasteiger partial charge is 0.339 e. The predicted octanol–water partition coefficient (Wildman–Crippen LogP) is 0.343. The minimum absolute atomic E-state index is 0.264. The highest BCUT2D eigenvalue weighted by atomic mass is 32.2. The Labute approximate surface area is 115 Å².